The first-order valence-corrected chi connectivity index (χ1v) is 4.84. The van der Waals surface area contributed by atoms with Gasteiger partial charge in [-0.05, 0) is 24.6 Å². The van der Waals surface area contributed by atoms with Crippen LogP contribution in [0.5, 0.6) is 5.75 Å². The summed E-state index contributed by atoms with van der Waals surface area (Å²) >= 11 is 3.16. The Balaban J connectivity index is 3.12. The predicted octanol–water partition coefficient (Wildman–Crippen LogP) is 2.39. The van der Waals surface area contributed by atoms with Crippen LogP contribution in [0.2, 0.25) is 0 Å². The number of hydrogen-bond donors (Lipinski definition) is 1. The summed E-state index contributed by atoms with van der Waals surface area (Å²) in [5, 5.41) is 8.97. The van der Waals surface area contributed by atoms with Gasteiger partial charge in [-0.15, -0.1) is 0 Å². The average molecular weight is 259 g/mol. The molecular formula is C10H11BrO3. The van der Waals surface area contributed by atoms with Gasteiger partial charge < -0.3 is 9.84 Å². The Morgan fingerprint density at radius 1 is 1.57 bits per heavy atom. The quantitative estimate of drug-likeness (QED) is 0.848. The van der Waals surface area contributed by atoms with Gasteiger partial charge in [0.05, 0.1) is 7.11 Å². The normalized spacial score (nSPS) is 14.5. The third-order valence-electron chi connectivity index (χ3n) is 2.01. The Bertz CT molecular complexity index is 347. The van der Waals surface area contributed by atoms with E-state index in [4.69, 9.17) is 9.84 Å². The highest BCUT2D eigenvalue weighted by Crippen LogP contribution is 2.32. The maximum Gasteiger partial charge on any atom is 0.324 e. The van der Waals surface area contributed by atoms with Crippen molar-refractivity contribution in [3.05, 3.63) is 29.8 Å². The number of carboxylic acid groups (broad SMARTS) is 1. The van der Waals surface area contributed by atoms with Crippen molar-refractivity contribution in [2.24, 2.45) is 0 Å². The third kappa shape index (κ3) is 2.07. The van der Waals surface area contributed by atoms with Crippen LogP contribution in [0.25, 0.3) is 0 Å². The Hall–Kier alpha value is -1.03. The van der Waals surface area contributed by atoms with E-state index in [2.05, 4.69) is 15.9 Å². The van der Waals surface area contributed by atoms with Crippen LogP contribution in [-0.4, -0.2) is 18.2 Å². The standard InChI is InChI=1S/C10H11BrO3/c1-10(11,9(12)13)7-4-3-5-8(6-7)14-2/h3-6H,1-2H3,(H,12,13). The minimum absolute atomic E-state index is 0.648. The van der Waals surface area contributed by atoms with E-state index in [0.29, 0.717) is 11.3 Å². The maximum atomic E-state index is 10.9. The molecule has 1 N–H and O–H groups in total. The van der Waals surface area contributed by atoms with Crippen LogP contribution in [0.3, 0.4) is 0 Å². The average Bonchev–Trinajstić information content (AvgIpc) is 2.17. The van der Waals surface area contributed by atoms with Gasteiger partial charge in [0.25, 0.3) is 0 Å². The lowest BCUT2D eigenvalue weighted by molar-refractivity contribution is -0.139. The first-order chi connectivity index (χ1) is 6.48. The lowest BCUT2D eigenvalue weighted by Gasteiger charge is -2.17. The number of carboxylic acids is 1. The number of ether oxygens (including phenoxy) is 1. The molecular weight excluding hydrogens is 248 g/mol. The third-order valence-corrected chi connectivity index (χ3v) is 2.81. The maximum absolute atomic E-state index is 10.9. The molecule has 0 heterocycles. The van der Waals surface area contributed by atoms with Gasteiger partial charge in [-0.2, -0.15) is 0 Å². The van der Waals surface area contributed by atoms with Crippen molar-refractivity contribution < 1.29 is 14.6 Å². The smallest absolute Gasteiger partial charge is 0.324 e. The van der Waals surface area contributed by atoms with Gasteiger partial charge >= 0.3 is 5.97 Å². The van der Waals surface area contributed by atoms with Gasteiger partial charge in [-0.1, -0.05) is 28.1 Å². The minimum Gasteiger partial charge on any atom is -0.497 e. The summed E-state index contributed by atoms with van der Waals surface area (Å²) in [6, 6.07) is 6.97. The SMILES string of the molecule is COc1cccc(C(C)(Br)C(=O)O)c1. The first kappa shape index (κ1) is 11.0. The summed E-state index contributed by atoms with van der Waals surface area (Å²) in [6.07, 6.45) is 0. The Kier molecular flexibility index (Phi) is 3.16. The van der Waals surface area contributed by atoms with Crippen molar-refractivity contribution in [2.45, 2.75) is 11.2 Å². The molecule has 0 saturated carbocycles. The van der Waals surface area contributed by atoms with Crippen LogP contribution in [-0.2, 0) is 9.12 Å². The molecule has 1 unspecified atom stereocenters. The molecule has 0 fully saturated rings. The van der Waals surface area contributed by atoms with Crippen molar-refractivity contribution in [1.29, 1.82) is 0 Å². The Morgan fingerprint density at radius 3 is 2.71 bits per heavy atom. The summed E-state index contributed by atoms with van der Waals surface area (Å²) < 4.78 is 3.95. The summed E-state index contributed by atoms with van der Waals surface area (Å²) in [4.78, 5) is 10.9. The van der Waals surface area contributed by atoms with Crippen LogP contribution in [0.1, 0.15) is 12.5 Å². The van der Waals surface area contributed by atoms with Crippen molar-refractivity contribution in [1.82, 2.24) is 0 Å². The monoisotopic (exact) mass is 258 g/mol. The van der Waals surface area contributed by atoms with E-state index in [9.17, 15) is 4.79 Å². The van der Waals surface area contributed by atoms with E-state index in [1.165, 1.54) is 0 Å². The number of carbonyl (C=O) groups is 1. The fourth-order valence-corrected chi connectivity index (χ4v) is 1.29. The highest BCUT2D eigenvalue weighted by atomic mass is 79.9. The highest BCUT2D eigenvalue weighted by molar-refractivity contribution is 9.10. The zero-order valence-electron chi connectivity index (χ0n) is 7.95. The molecule has 1 aromatic rings. The number of alkyl halides is 1. The molecule has 0 aliphatic carbocycles. The first-order valence-electron chi connectivity index (χ1n) is 4.05. The topological polar surface area (TPSA) is 46.5 Å². The van der Waals surface area contributed by atoms with E-state index in [1.54, 1.807) is 38.3 Å². The molecule has 0 radical (unpaired) electrons. The zero-order chi connectivity index (χ0) is 10.8. The molecule has 76 valence electrons. The molecule has 0 saturated heterocycles. The molecule has 1 rings (SSSR count). The molecule has 0 spiro atoms. The van der Waals surface area contributed by atoms with Crippen molar-refractivity contribution in [3.8, 4) is 5.75 Å². The molecule has 3 nitrogen and oxygen atoms in total. The number of methoxy groups -OCH3 is 1. The lowest BCUT2D eigenvalue weighted by atomic mass is 10.0. The van der Waals surface area contributed by atoms with Crippen LogP contribution in [0.15, 0.2) is 24.3 Å². The molecule has 0 aliphatic heterocycles. The van der Waals surface area contributed by atoms with Gasteiger partial charge in [-0.25, -0.2) is 0 Å². The van der Waals surface area contributed by atoms with E-state index >= 15 is 0 Å². The van der Waals surface area contributed by atoms with Gasteiger partial charge in [0.15, 0.2) is 0 Å². The Morgan fingerprint density at radius 2 is 2.21 bits per heavy atom. The second kappa shape index (κ2) is 4.00. The van der Waals surface area contributed by atoms with Gasteiger partial charge in [-0.3, -0.25) is 4.79 Å². The molecule has 0 aliphatic rings. The van der Waals surface area contributed by atoms with Crippen molar-refractivity contribution in [2.75, 3.05) is 7.11 Å². The number of halogens is 1. The number of hydrogen-bond acceptors (Lipinski definition) is 2. The van der Waals surface area contributed by atoms with Gasteiger partial charge in [0, 0.05) is 0 Å². The predicted molar refractivity (Wildman–Crippen MR) is 56.9 cm³/mol. The largest absolute Gasteiger partial charge is 0.497 e. The van der Waals surface area contributed by atoms with Crippen LogP contribution >= 0.6 is 15.9 Å². The molecule has 0 aromatic heterocycles. The molecule has 1 atom stereocenters. The molecule has 1 aromatic carbocycles. The summed E-state index contributed by atoms with van der Waals surface area (Å²) in [6.45, 7) is 1.59. The van der Waals surface area contributed by atoms with Crippen LogP contribution in [0, 0.1) is 0 Å². The zero-order valence-corrected chi connectivity index (χ0v) is 9.54. The fourth-order valence-electron chi connectivity index (χ4n) is 1.04. The van der Waals surface area contributed by atoms with E-state index < -0.39 is 10.3 Å². The fraction of sp³-hybridized carbons (Fsp3) is 0.300. The minimum atomic E-state index is -1.07. The molecule has 4 heteroatoms. The van der Waals surface area contributed by atoms with E-state index in [0.717, 1.165) is 0 Å². The molecule has 14 heavy (non-hydrogen) atoms. The number of aliphatic carboxylic acids is 1. The summed E-state index contributed by atoms with van der Waals surface area (Å²) in [7, 11) is 1.55. The Labute approximate surface area is 90.8 Å². The second-order valence-electron chi connectivity index (χ2n) is 3.04. The van der Waals surface area contributed by atoms with Crippen LogP contribution in [0.4, 0.5) is 0 Å². The van der Waals surface area contributed by atoms with Crippen LogP contribution < -0.4 is 4.74 Å². The summed E-state index contributed by atoms with van der Waals surface area (Å²) in [5.74, 6) is -0.278. The van der Waals surface area contributed by atoms with E-state index in [1.807, 2.05) is 0 Å². The highest BCUT2D eigenvalue weighted by Gasteiger charge is 2.31. The van der Waals surface area contributed by atoms with E-state index in [-0.39, 0.29) is 0 Å². The summed E-state index contributed by atoms with van der Waals surface area (Å²) in [5.41, 5.74) is 0.657. The number of rotatable bonds is 3. The molecule has 0 bridgehead atoms. The van der Waals surface area contributed by atoms with Gasteiger partial charge in [0.1, 0.15) is 10.1 Å². The van der Waals surface area contributed by atoms with Crippen molar-refractivity contribution in [3.63, 3.8) is 0 Å². The second-order valence-corrected chi connectivity index (χ2v) is 4.63. The molecule has 0 amide bonds. The number of benzene rings is 1. The van der Waals surface area contributed by atoms with Crippen molar-refractivity contribution >= 4 is 21.9 Å². The lowest BCUT2D eigenvalue weighted by Crippen LogP contribution is -2.24. The van der Waals surface area contributed by atoms with Gasteiger partial charge in [0.2, 0.25) is 0 Å².